The zero-order valence-electron chi connectivity index (χ0n) is 9.94. The smallest absolute Gasteiger partial charge is 0.0717 e. The minimum Gasteiger partial charge on any atom is -0.264 e. The Morgan fingerprint density at radius 3 is 2.31 bits per heavy atom. The van der Waals surface area contributed by atoms with Gasteiger partial charge in [0.2, 0.25) is 0 Å². The first-order valence-corrected chi connectivity index (χ1v) is 5.44. The van der Waals surface area contributed by atoms with E-state index < -0.39 is 0 Å². The van der Waals surface area contributed by atoms with Crippen molar-refractivity contribution in [3.8, 4) is 11.3 Å². The number of nitrogens with zero attached hydrogens (tertiary/aromatic N) is 2. The molecule has 0 fully saturated rings. The average Bonchev–Trinajstić information content (AvgIpc) is 2.29. The third-order valence-electron chi connectivity index (χ3n) is 2.59. The van der Waals surface area contributed by atoms with E-state index in [4.69, 9.17) is 0 Å². The van der Waals surface area contributed by atoms with Gasteiger partial charge in [-0.2, -0.15) is 0 Å². The molecule has 0 spiro atoms. The maximum atomic E-state index is 4.48. The molecular formula is C14H16N2. The van der Waals surface area contributed by atoms with E-state index in [-0.39, 0.29) is 5.41 Å². The van der Waals surface area contributed by atoms with Gasteiger partial charge in [0, 0.05) is 24.2 Å². The number of aromatic nitrogens is 2. The number of hydrogen-bond acceptors (Lipinski definition) is 2. The molecule has 0 N–H and O–H groups in total. The molecule has 2 aromatic rings. The van der Waals surface area contributed by atoms with Crippen LogP contribution in [0, 0.1) is 0 Å². The summed E-state index contributed by atoms with van der Waals surface area (Å²) in [5.74, 6) is 0. The molecule has 0 bridgehead atoms. The summed E-state index contributed by atoms with van der Waals surface area (Å²) in [4.78, 5) is 8.57. The fourth-order valence-corrected chi connectivity index (χ4v) is 1.52. The molecule has 2 rings (SSSR count). The van der Waals surface area contributed by atoms with Crippen LogP contribution in [0.5, 0.6) is 0 Å². The molecule has 0 amide bonds. The van der Waals surface area contributed by atoms with Gasteiger partial charge in [0.1, 0.15) is 0 Å². The van der Waals surface area contributed by atoms with Crippen LogP contribution in [-0.2, 0) is 5.41 Å². The van der Waals surface area contributed by atoms with Gasteiger partial charge in [-0.3, -0.25) is 9.97 Å². The largest absolute Gasteiger partial charge is 0.264 e. The monoisotopic (exact) mass is 212 g/mol. The summed E-state index contributed by atoms with van der Waals surface area (Å²) < 4.78 is 0. The Hall–Kier alpha value is -1.70. The average molecular weight is 212 g/mol. The molecule has 0 aromatic carbocycles. The zero-order chi connectivity index (χ0) is 11.6. The SMILES string of the molecule is CC(C)(C)c1ccc(-c2cccnc2)nc1. The highest BCUT2D eigenvalue weighted by Gasteiger charge is 2.13. The zero-order valence-corrected chi connectivity index (χ0v) is 9.94. The standard InChI is InChI=1S/C14H16N2/c1-14(2,3)12-6-7-13(16-10-12)11-5-4-8-15-9-11/h4-10H,1-3H3. The van der Waals surface area contributed by atoms with Crippen molar-refractivity contribution in [2.24, 2.45) is 0 Å². The van der Waals surface area contributed by atoms with Crippen LogP contribution >= 0.6 is 0 Å². The third-order valence-corrected chi connectivity index (χ3v) is 2.59. The van der Waals surface area contributed by atoms with Crippen LogP contribution in [0.1, 0.15) is 26.3 Å². The van der Waals surface area contributed by atoms with Gasteiger partial charge in [-0.15, -0.1) is 0 Å². The van der Waals surface area contributed by atoms with Crippen molar-refractivity contribution in [3.63, 3.8) is 0 Å². The van der Waals surface area contributed by atoms with Crippen LogP contribution in [0.25, 0.3) is 11.3 Å². The highest BCUT2D eigenvalue weighted by atomic mass is 14.7. The summed E-state index contributed by atoms with van der Waals surface area (Å²) in [6, 6.07) is 8.13. The summed E-state index contributed by atoms with van der Waals surface area (Å²) in [6.45, 7) is 6.56. The summed E-state index contributed by atoms with van der Waals surface area (Å²) in [7, 11) is 0. The molecular weight excluding hydrogens is 196 g/mol. The lowest BCUT2D eigenvalue weighted by atomic mass is 9.88. The number of hydrogen-bond donors (Lipinski definition) is 0. The van der Waals surface area contributed by atoms with Crippen molar-refractivity contribution in [1.82, 2.24) is 9.97 Å². The van der Waals surface area contributed by atoms with Gasteiger partial charge < -0.3 is 0 Å². The molecule has 0 atom stereocenters. The summed E-state index contributed by atoms with van der Waals surface area (Å²) in [5, 5.41) is 0. The van der Waals surface area contributed by atoms with E-state index in [1.165, 1.54) is 5.56 Å². The van der Waals surface area contributed by atoms with E-state index in [1.807, 2.05) is 24.5 Å². The molecule has 0 saturated carbocycles. The third kappa shape index (κ3) is 2.27. The Balaban J connectivity index is 2.34. The quantitative estimate of drug-likeness (QED) is 0.723. The molecule has 2 heterocycles. The maximum Gasteiger partial charge on any atom is 0.0717 e. The van der Waals surface area contributed by atoms with Crippen LogP contribution in [0.4, 0.5) is 0 Å². The summed E-state index contributed by atoms with van der Waals surface area (Å²) in [6.07, 6.45) is 5.55. The molecule has 0 unspecified atom stereocenters. The van der Waals surface area contributed by atoms with Gasteiger partial charge in [-0.25, -0.2) is 0 Å². The summed E-state index contributed by atoms with van der Waals surface area (Å²) in [5.41, 5.74) is 3.43. The Morgan fingerprint density at radius 2 is 1.81 bits per heavy atom. The fraction of sp³-hybridized carbons (Fsp3) is 0.286. The van der Waals surface area contributed by atoms with E-state index in [1.54, 1.807) is 6.20 Å². The second-order valence-corrected chi connectivity index (χ2v) is 4.92. The van der Waals surface area contributed by atoms with Gasteiger partial charge in [-0.1, -0.05) is 26.8 Å². The second-order valence-electron chi connectivity index (χ2n) is 4.92. The number of pyridine rings is 2. The maximum absolute atomic E-state index is 4.48. The second kappa shape index (κ2) is 4.05. The van der Waals surface area contributed by atoms with Crippen molar-refractivity contribution in [1.29, 1.82) is 0 Å². The normalized spacial score (nSPS) is 11.4. The van der Waals surface area contributed by atoms with E-state index >= 15 is 0 Å². The van der Waals surface area contributed by atoms with Crippen molar-refractivity contribution < 1.29 is 0 Å². The first kappa shape index (κ1) is 10.8. The van der Waals surface area contributed by atoms with Crippen LogP contribution < -0.4 is 0 Å². The van der Waals surface area contributed by atoms with E-state index in [9.17, 15) is 0 Å². The molecule has 0 aliphatic heterocycles. The predicted molar refractivity (Wildman–Crippen MR) is 66.2 cm³/mol. The minimum atomic E-state index is 0.153. The summed E-state index contributed by atoms with van der Waals surface area (Å²) >= 11 is 0. The lowest BCUT2D eigenvalue weighted by molar-refractivity contribution is 0.587. The molecule has 0 aliphatic carbocycles. The van der Waals surface area contributed by atoms with Crippen LogP contribution in [0.2, 0.25) is 0 Å². The minimum absolute atomic E-state index is 0.153. The first-order valence-electron chi connectivity index (χ1n) is 5.44. The highest BCUT2D eigenvalue weighted by Crippen LogP contribution is 2.23. The lowest BCUT2D eigenvalue weighted by Crippen LogP contribution is -2.11. The molecule has 2 heteroatoms. The van der Waals surface area contributed by atoms with Crippen LogP contribution in [0.3, 0.4) is 0 Å². The molecule has 82 valence electrons. The Kier molecular flexibility index (Phi) is 2.73. The molecule has 0 saturated heterocycles. The van der Waals surface area contributed by atoms with E-state index in [0.717, 1.165) is 11.3 Å². The van der Waals surface area contributed by atoms with Crippen molar-refractivity contribution in [2.45, 2.75) is 26.2 Å². The van der Waals surface area contributed by atoms with E-state index in [2.05, 4.69) is 42.9 Å². The van der Waals surface area contributed by atoms with Crippen molar-refractivity contribution >= 4 is 0 Å². The topological polar surface area (TPSA) is 25.8 Å². The van der Waals surface area contributed by atoms with Crippen LogP contribution in [-0.4, -0.2) is 9.97 Å². The van der Waals surface area contributed by atoms with Crippen molar-refractivity contribution in [2.75, 3.05) is 0 Å². The predicted octanol–water partition coefficient (Wildman–Crippen LogP) is 3.44. The molecule has 2 nitrogen and oxygen atoms in total. The Morgan fingerprint density at radius 1 is 1.00 bits per heavy atom. The van der Waals surface area contributed by atoms with Crippen molar-refractivity contribution in [3.05, 3.63) is 48.4 Å². The molecule has 0 radical (unpaired) electrons. The van der Waals surface area contributed by atoms with Gasteiger partial charge in [0.25, 0.3) is 0 Å². The van der Waals surface area contributed by atoms with Gasteiger partial charge >= 0.3 is 0 Å². The van der Waals surface area contributed by atoms with E-state index in [0.29, 0.717) is 0 Å². The van der Waals surface area contributed by atoms with Gasteiger partial charge in [-0.05, 0) is 29.2 Å². The fourth-order valence-electron chi connectivity index (χ4n) is 1.52. The molecule has 2 aromatic heterocycles. The Bertz CT molecular complexity index is 452. The van der Waals surface area contributed by atoms with Gasteiger partial charge in [0.05, 0.1) is 5.69 Å². The number of rotatable bonds is 1. The first-order chi connectivity index (χ1) is 7.57. The van der Waals surface area contributed by atoms with Gasteiger partial charge in [0.15, 0.2) is 0 Å². The highest BCUT2D eigenvalue weighted by molar-refractivity contribution is 5.57. The molecule has 0 aliphatic rings. The van der Waals surface area contributed by atoms with Crippen LogP contribution in [0.15, 0.2) is 42.9 Å². The Labute approximate surface area is 96.4 Å². The molecule has 16 heavy (non-hydrogen) atoms. The lowest BCUT2D eigenvalue weighted by Gasteiger charge is -2.18.